The molecule has 7 nitrogen and oxygen atoms in total. The van der Waals surface area contributed by atoms with E-state index in [9.17, 15) is 14.4 Å². The monoisotopic (exact) mass is 382 g/mol. The Morgan fingerprint density at radius 2 is 1.61 bits per heavy atom. The second-order valence-electron chi connectivity index (χ2n) is 6.90. The molecule has 0 heterocycles. The summed E-state index contributed by atoms with van der Waals surface area (Å²) in [5.41, 5.74) is 3.70. The smallest absolute Gasteiger partial charge is 0.319 e. The Balaban J connectivity index is 1.90. The molecule has 0 atom stereocenters. The minimum Gasteiger partial charge on any atom is -0.329 e. The van der Waals surface area contributed by atoms with Crippen LogP contribution < -0.4 is 21.3 Å². The molecule has 0 aromatic heterocycles. The predicted octanol–water partition coefficient (Wildman–Crippen LogP) is 3.66. The molecule has 0 bridgehead atoms. The molecule has 2 rings (SSSR count). The van der Waals surface area contributed by atoms with Crippen LogP contribution in [-0.4, -0.2) is 24.4 Å². The van der Waals surface area contributed by atoms with Crippen molar-refractivity contribution in [1.82, 2.24) is 5.32 Å². The zero-order valence-electron chi connectivity index (χ0n) is 16.6. The van der Waals surface area contributed by atoms with Gasteiger partial charge in [0.25, 0.3) is 0 Å². The van der Waals surface area contributed by atoms with Gasteiger partial charge in [0.1, 0.15) is 0 Å². The van der Waals surface area contributed by atoms with Crippen molar-refractivity contribution in [3.05, 3.63) is 53.6 Å². The number of carbonyl (C=O) groups excluding carboxylic acids is 3. The van der Waals surface area contributed by atoms with Crippen LogP contribution in [0.1, 0.15) is 25.0 Å². The number of aryl methyl sites for hydroxylation is 2. The molecule has 0 aliphatic carbocycles. The fourth-order valence-corrected chi connectivity index (χ4v) is 2.37. The van der Waals surface area contributed by atoms with Crippen LogP contribution in [0.3, 0.4) is 0 Å². The third kappa shape index (κ3) is 6.42. The molecule has 0 saturated carbocycles. The molecular weight excluding hydrogens is 356 g/mol. The number of amides is 4. The van der Waals surface area contributed by atoms with E-state index in [1.165, 1.54) is 0 Å². The van der Waals surface area contributed by atoms with Crippen molar-refractivity contribution < 1.29 is 14.4 Å². The summed E-state index contributed by atoms with van der Waals surface area (Å²) in [5, 5.41) is 10.7. The van der Waals surface area contributed by atoms with Gasteiger partial charge in [-0.05, 0) is 49.2 Å². The molecule has 28 heavy (non-hydrogen) atoms. The normalized spacial score (nSPS) is 10.3. The molecule has 148 valence electrons. The van der Waals surface area contributed by atoms with E-state index in [4.69, 9.17) is 0 Å². The van der Waals surface area contributed by atoms with E-state index < -0.39 is 6.03 Å². The highest BCUT2D eigenvalue weighted by molar-refractivity contribution is 5.98. The molecule has 0 aliphatic rings. The number of carbonyl (C=O) groups is 3. The number of nitrogens with one attached hydrogen (secondary N) is 4. The van der Waals surface area contributed by atoms with E-state index in [2.05, 4.69) is 21.3 Å². The molecule has 0 radical (unpaired) electrons. The van der Waals surface area contributed by atoms with Crippen molar-refractivity contribution in [3.63, 3.8) is 0 Å². The number of benzene rings is 2. The van der Waals surface area contributed by atoms with Gasteiger partial charge in [0.2, 0.25) is 11.8 Å². The maximum Gasteiger partial charge on any atom is 0.319 e. The Labute approximate surface area is 164 Å². The first-order chi connectivity index (χ1) is 13.2. The minimum atomic E-state index is -0.463. The molecule has 4 N–H and O–H groups in total. The molecule has 7 heteroatoms. The second-order valence-corrected chi connectivity index (χ2v) is 6.90. The van der Waals surface area contributed by atoms with Crippen LogP contribution in [0.25, 0.3) is 0 Å². The molecule has 2 aromatic carbocycles. The highest BCUT2D eigenvalue weighted by Crippen LogP contribution is 2.20. The summed E-state index contributed by atoms with van der Waals surface area (Å²) < 4.78 is 0. The summed E-state index contributed by atoms with van der Waals surface area (Å²) in [6.07, 6.45) is 0. The zero-order valence-corrected chi connectivity index (χ0v) is 16.6. The Morgan fingerprint density at radius 1 is 0.893 bits per heavy atom. The van der Waals surface area contributed by atoms with Crippen LogP contribution in [0.4, 0.5) is 21.9 Å². The van der Waals surface area contributed by atoms with Crippen molar-refractivity contribution in [2.45, 2.75) is 27.7 Å². The first kappa shape index (κ1) is 21.0. The highest BCUT2D eigenvalue weighted by Gasteiger charge is 2.11. The maximum absolute atomic E-state index is 12.2. The van der Waals surface area contributed by atoms with Gasteiger partial charge in [-0.15, -0.1) is 0 Å². The second kappa shape index (κ2) is 9.55. The topological polar surface area (TPSA) is 99.3 Å². The van der Waals surface area contributed by atoms with E-state index in [0.29, 0.717) is 17.1 Å². The number of urea groups is 1. The molecular formula is C21H26N4O3. The Bertz CT molecular complexity index is 878. The lowest BCUT2D eigenvalue weighted by atomic mass is 10.1. The highest BCUT2D eigenvalue weighted by atomic mass is 16.2. The maximum atomic E-state index is 12.2. The van der Waals surface area contributed by atoms with Crippen LogP contribution >= 0.6 is 0 Å². The minimum absolute atomic E-state index is 0.101. The molecule has 4 amide bonds. The Morgan fingerprint density at radius 3 is 2.29 bits per heavy atom. The first-order valence-electron chi connectivity index (χ1n) is 9.07. The van der Waals surface area contributed by atoms with Gasteiger partial charge >= 0.3 is 6.03 Å². The summed E-state index contributed by atoms with van der Waals surface area (Å²) in [7, 11) is 0. The van der Waals surface area contributed by atoms with Crippen molar-refractivity contribution >= 4 is 34.9 Å². The van der Waals surface area contributed by atoms with Crippen molar-refractivity contribution in [2.75, 3.05) is 22.5 Å². The van der Waals surface area contributed by atoms with Crippen LogP contribution in [0.5, 0.6) is 0 Å². The van der Waals surface area contributed by atoms with E-state index in [-0.39, 0.29) is 24.3 Å². The van der Waals surface area contributed by atoms with Gasteiger partial charge < -0.3 is 21.3 Å². The molecule has 0 aliphatic heterocycles. The molecule has 0 unspecified atom stereocenters. The number of hydrogen-bond acceptors (Lipinski definition) is 3. The summed E-state index contributed by atoms with van der Waals surface area (Å²) in [6.45, 7) is 7.21. The van der Waals surface area contributed by atoms with Gasteiger partial charge in [-0.3, -0.25) is 9.59 Å². The lowest BCUT2D eigenvalue weighted by Crippen LogP contribution is -2.35. The number of anilines is 3. The average Bonchev–Trinajstić information content (AvgIpc) is 2.62. The standard InChI is InChI=1S/C21H26N4O3/c1-13(2)20(27)23-17-9-8-15(4)18(11-17)25-19(26)12-22-21(28)24-16-7-5-6-14(3)10-16/h5-11,13H,12H2,1-4H3,(H,23,27)(H,25,26)(H2,22,24,28). The van der Waals surface area contributed by atoms with Crippen LogP contribution in [0.15, 0.2) is 42.5 Å². The van der Waals surface area contributed by atoms with E-state index in [0.717, 1.165) is 11.1 Å². The Kier molecular flexibility index (Phi) is 7.14. The van der Waals surface area contributed by atoms with Crippen molar-refractivity contribution in [3.8, 4) is 0 Å². The van der Waals surface area contributed by atoms with E-state index >= 15 is 0 Å². The van der Waals surface area contributed by atoms with Crippen LogP contribution in [0.2, 0.25) is 0 Å². The van der Waals surface area contributed by atoms with Gasteiger partial charge in [0, 0.05) is 23.0 Å². The zero-order chi connectivity index (χ0) is 20.7. The summed E-state index contributed by atoms with van der Waals surface area (Å²) in [6, 6.07) is 12.2. The third-order valence-corrected chi connectivity index (χ3v) is 3.99. The fraction of sp³-hybridized carbons (Fsp3) is 0.286. The van der Waals surface area contributed by atoms with E-state index in [1.807, 2.05) is 38.1 Å². The lowest BCUT2D eigenvalue weighted by molar-refractivity contribution is -0.119. The summed E-state index contributed by atoms with van der Waals surface area (Å²) in [4.78, 5) is 35.9. The third-order valence-electron chi connectivity index (χ3n) is 3.99. The quantitative estimate of drug-likeness (QED) is 0.613. The summed E-state index contributed by atoms with van der Waals surface area (Å²) in [5.74, 6) is -0.610. The SMILES string of the molecule is Cc1cccc(NC(=O)NCC(=O)Nc2cc(NC(=O)C(C)C)ccc2C)c1. The van der Waals surface area contributed by atoms with Crippen molar-refractivity contribution in [1.29, 1.82) is 0 Å². The van der Waals surface area contributed by atoms with Gasteiger partial charge in [-0.2, -0.15) is 0 Å². The number of rotatable bonds is 6. The van der Waals surface area contributed by atoms with Gasteiger partial charge in [-0.1, -0.05) is 32.0 Å². The van der Waals surface area contributed by atoms with Crippen LogP contribution in [0, 0.1) is 19.8 Å². The molecule has 0 fully saturated rings. The van der Waals surface area contributed by atoms with Gasteiger partial charge in [0.15, 0.2) is 0 Å². The molecule has 2 aromatic rings. The predicted molar refractivity (Wildman–Crippen MR) is 111 cm³/mol. The van der Waals surface area contributed by atoms with E-state index in [1.54, 1.807) is 32.0 Å². The fourth-order valence-electron chi connectivity index (χ4n) is 2.37. The van der Waals surface area contributed by atoms with Crippen LogP contribution in [-0.2, 0) is 9.59 Å². The van der Waals surface area contributed by atoms with Gasteiger partial charge in [-0.25, -0.2) is 4.79 Å². The lowest BCUT2D eigenvalue weighted by Gasteiger charge is -2.13. The van der Waals surface area contributed by atoms with Gasteiger partial charge in [0.05, 0.1) is 6.54 Å². The Hall–Kier alpha value is -3.35. The first-order valence-corrected chi connectivity index (χ1v) is 9.07. The largest absolute Gasteiger partial charge is 0.329 e. The molecule has 0 saturated heterocycles. The number of hydrogen-bond donors (Lipinski definition) is 4. The average molecular weight is 382 g/mol. The summed E-state index contributed by atoms with van der Waals surface area (Å²) >= 11 is 0. The molecule has 0 spiro atoms. The van der Waals surface area contributed by atoms with Crippen molar-refractivity contribution in [2.24, 2.45) is 5.92 Å².